The van der Waals surface area contributed by atoms with Crippen molar-refractivity contribution < 1.29 is 9.90 Å². The molecule has 1 N–H and O–H groups in total. The Balaban J connectivity index is 3.06. The van der Waals surface area contributed by atoms with Crippen molar-refractivity contribution in [2.45, 2.75) is 51.9 Å². The average molecular weight is 184 g/mol. The van der Waals surface area contributed by atoms with Crippen molar-refractivity contribution in [3.05, 3.63) is 12.2 Å². The highest BCUT2D eigenvalue weighted by Crippen LogP contribution is 2.05. The number of hydrogen-bond acceptors (Lipinski definition) is 1. The van der Waals surface area contributed by atoms with Crippen LogP contribution in [-0.2, 0) is 4.79 Å². The largest absolute Gasteiger partial charge is 0.481 e. The lowest BCUT2D eigenvalue weighted by Gasteiger charge is -1.95. The predicted molar refractivity (Wildman–Crippen MR) is 54.8 cm³/mol. The van der Waals surface area contributed by atoms with Crippen molar-refractivity contribution in [2.24, 2.45) is 0 Å². The lowest BCUT2D eigenvalue weighted by molar-refractivity contribution is -0.136. The van der Waals surface area contributed by atoms with Crippen LogP contribution in [0.4, 0.5) is 0 Å². The van der Waals surface area contributed by atoms with Crippen LogP contribution in [0.5, 0.6) is 0 Å². The number of rotatable bonds is 8. The summed E-state index contributed by atoms with van der Waals surface area (Å²) in [4.78, 5) is 10.1. The summed E-state index contributed by atoms with van der Waals surface area (Å²) < 4.78 is 0. The Morgan fingerprint density at radius 1 is 1.15 bits per heavy atom. The summed E-state index contributed by atoms with van der Waals surface area (Å²) in [5.74, 6) is -0.748. The summed E-state index contributed by atoms with van der Waals surface area (Å²) >= 11 is 0. The molecule has 0 rings (SSSR count). The summed E-state index contributed by atoms with van der Waals surface area (Å²) in [6.45, 7) is 2.20. The number of unbranched alkanes of at least 4 members (excludes halogenated alkanes) is 5. The van der Waals surface area contributed by atoms with Gasteiger partial charge in [-0.1, -0.05) is 44.8 Å². The molecule has 0 saturated heterocycles. The molecule has 0 aromatic heterocycles. The van der Waals surface area contributed by atoms with E-state index in [-0.39, 0.29) is 6.42 Å². The third-order valence-corrected chi connectivity index (χ3v) is 1.93. The number of carboxylic acids is 1. The number of allylic oxidation sites excluding steroid dienone is 1. The van der Waals surface area contributed by atoms with Crippen molar-refractivity contribution in [1.82, 2.24) is 0 Å². The molecule has 13 heavy (non-hydrogen) atoms. The molecule has 0 radical (unpaired) electrons. The van der Waals surface area contributed by atoms with Gasteiger partial charge in [0.15, 0.2) is 0 Å². The van der Waals surface area contributed by atoms with Gasteiger partial charge < -0.3 is 5.11 Å². The normalized spacial score (nSPS) is 10.8. The minimum Gasteiger partial charge on any atom is -0.481 e. The Hall–Kier alpha value is -0.790. The molecule has 0 aliphatic rings. The van der Waals surface area contributed by atoms with E-state index in [1.54, 1.807) is 6.08 Å². The van der Waals surface area contributed by atoms with Crippen LogP contribution < -0.4 is 0 Å². The Kier molecular flexibility index (Phi) is 8.73. The van der Waals surface area contributed by atoms with Crippen LogP contribution in [-0.4, -0.2) is 11.1 Å². The first-order valence-corrected chi connectivity index (χ1v) is 5.14. The van der Waals surface area contributed by atoms with Crippen molar-refractivity contribution >= 4 is 5.97 Å². The van der Waals surface area contributed by atoms with Gasteiger partial charge in [-0.2, -0.15) is 0 Å². The molecule has 76 valence electrons. The van der Waals surface area contributed by atoms with Crippen LogP contribution in [0.1, 0.15) is 51.9 Å². The first kappa shape index (κ1) is 12.2. The minimum absolute atomic E-state index is 0.162. The molecule has 0 heterocycles. The summed E-state index contributed by atoms with van der Waals surface area (Å²) in [5.41, 5.74) is 0. The lowest BCUT2D eigenvalue weighted by Crippen LogP contribution is -1.89. The molecule has 0 aromatic carbocycles. The first-order valence-electron chi connectivity index (χ1n) is 5.14. The fourth-order valence-electron chi connectivity index (χ4n) is 1.17. The summed E-state index contributed by atoms with van der Waals surface area (Å²) in [6.07, 6.45) is 11.3. The van der Waals surface area contributed by atoms with Crippen LogP contribution in [0.2, 0.25) is 0 Å². The van der Waals surface area contributed by atoms with Crippen LogP contribution in [0.3, 0.4) is 0 Å². The Labute approximate surface area is 80.7 Å². The van der Waals surface area contributed by atoms with E-state index in [1.807, 2.05) is 6.08 Å². The molecule has 0 bridgehead atoms. The van der Waals surface area contributed by atoms with Crippen LogP contribution in [0, 0.1) is 0 Å². The van der Waals surface area contributed by atoms with Crippen LogP contribution in [0.25, 0.3) is 0 Å². The SMILES string of the molecule is CCCCCCC/C=C/CC(=O)O. The smallest absolute Gasteiger partial charge is 0.307 e. The quantitative estimate of drug-likeness (QED) is 0.464. The standard InChI is InChI=1S/C11H20O2/c1-2-3-4-5-6-7-8-9-10-11(12)13/h8-9H,2-7,10H2,1H3,(H,12,13)/b9-8+. The average Bonchev–Trinajstić information content (AvgIpc) is 2.09. The van der Waals surface area contributed by atoms with Gasteiger partial charge >= 0.3 is 5.97 Å². The van der Waals surface area contributed by atoms with Gasteiger partial charge in [0.25, 0.3) is 0 Å². The molecule has 2 heteroatoms. The lowest BCUT2D eigenvalue weighted by atomic mass is 10.1. The molecule has 0 aliphatic heterocycles. The van der Waals surface area contributed by atoms with Gasteiger partial charge in [0.1, 0.15) is 0 Å². The second-order valence-corrected chi connectivity index (χ2v) is 3.27. The monoisotopic (exact) mass is 184 g/mol. The number of aliphatic carboxylic acids is 1. The molecule has 0 atom stereocenters. The van der Waals surface area contributed by atoms with Gasteiger partial charge in [0.2, 0.25) is 0 Å². The molecule has 0 saturated carbocycles. The Morgan fingerprint density at radius 2 is 1.85 bits per heavy atom. The molecule has 0 aliphatic carbocycles. The number of carboxylic acid groups (broad SMARTS) is 1. The van der Waals surface area contributed by atoms with Crippen LogP contribution >= 0.6 is 0 Å². The van der Waals surface area contributed by atoms with E-state index in [1.165, 1.54) is 32.1 Å². The van der Waals surface area contributed by atoms with E-state index < -0.39 is 5.97 Å². The fourth-order valence-corrected chi connectivity index (χ4v) is 1.17. The highest BCUT2D eigenvalue weighted by molar-refractivity contribution is 5.68. The second-order valence-electron chi connectivity index (χ2n) is 3.27. The molecule has 0 unspecified atom stereocenters. The van der Waals surface area contributed by atoms with Crippen molar-refractivity contribution in [2.75, 3.05) is 0 Å². The van der Waals surface area contributed by atoms with E-state index in [0.29, 0.717) is 0 Å². The zero-order valence-electron chi connectivity index (χ0n) is 8.46. The summed E-state index contributed by atoms with van der Waals surface area (Å²) in [6, 6.07) is 0. The third-order valence-electron chi connectivity index (χ3n) is 1.93. The van der Waals surface area contributed by atoms with Crippen molar-refractivity contribution in [3.63, 3.8) is 0 Å². The van der Waals surface area contributed by atoms with E-state index in [9.17, 15) is 4.79 Å². The number of carbonyl (C=O) groups is 1. The van der Waals surface area contributed by atoms with Gasteiger partial charge in [0.05, 0.1) is 6.42 Å². The van der Waals surface area contributed by atoms with E-state index in [4.69, 9.17) is 5.11 Å². The van der Waals surface area contributed by atoms with Crippen molar-refractivity contribution in [3.8, 4) is 0 Å². The highest BCUT2D eigenvalue weighted by Gasteiger charge is 1.89. The van der Waals surface area contributed by atoms with E-state index in [2.05, 4.69) is 6.92 Å². The number of hydrogen-bond donors (Lipinski definition) is 1. The molecule has 0 amide bonds. The zero-order chi connectivity index (χ0) is 9.94. The molecule has 0 fully saturated rings. The third kappa shape index (κ3) is 11.2. The second kappa shape index (κ2) is 9.30. The molecule has 0 spiro atoms. The fraction of sp³-hybridized carbons (Fsp3) is 0.727. The van der Waals surface area contributed by atoms with Crippen LogP contribution in [0.15, 0.2) is 12.2 Å². The maximum atomic E-state index is 10.1. The van der Waals surface area contributed by atoms with Gasteiger partial charge in [0, 0.05) is 0 Å². The predicted octanol–water partition coefficient (Wildman–Crippen LogP) is 3.38. The van der Waals surface area contributed by atoms with E-state index >= 15 is 0 Å². The Bertz CT molecular complexity index is 150. The molecular formula is C11H20O2. The topological polar surface area (TPSA) is 37.3 Å². The summed E-state index contributed by atoms with van der Waals surface area (Å²) in [5, 5.41) is 8.33. The summed E-state index contributed by atoms with van der Waals surface area (Å²) in [7, 11) is 0. The van der Waals surface area contributed by atoms with Gasteiger partial charge in [-0.15, -0.1) is 0 Å². The van der Waals surface area contributed by atoms with Gasteiger partial charge in [-0.05, 0) is 12.8 Å². The molecule has 0 aromatic rings. The van der Waals surface area contributed by atoms with Gasteiger partial charge in [-0.3, -0.25) is 4.79 Å². The maximum absolute atomic E-state index is 10.1. The van der Waals surface area contributed by atoms with Gasteiger partial charge in [-0.25, -0.2) is 0 Å². The van der Waals surface area contributed by atoms with Crippen molar-refractivity contribution in [1.29, 1.82) is 0 Å². The van der Waals surface area contributed by atoms with E-state index in [0.717, 1.165) is 6.42 Å². The first-order chi connectivity index (χ1) is 6.27. The molecular weight excluding hydrogens is 164 g/mol. The minimum atomic E-state index is -0.748. The highest BCUT2D eigenvalue weighted by atomic mass is 16.4. The zero-order valence-corrected chi connectivity index (χ0v) is 8.46. The maximum Gasteiger partial charge on any atom is 0.307 e. The molecule has 2 nitrogen and oxygen atoms in total. The Morgan fingerprint density at radius 3 is 2.46 bits per heavy atom.